The van der Waals surface area contributed by atoms with Gasteiger partial charge in [-0.05, 0) is 72.4 Å². The minimum Gasteiger partial charge on any atom is -0.493 e. The van der Waals surface area contributed by atoms with Crippen LogP contribution >= 0.6 is 0 Å². The molecule has 178 valence electrons. The predicted molar refractivity (Wildman–Crippen MR) is 133 cm³/mol. The Morgan fingerprint density at radius 1 is 0.765 bits per heavy atom. The van der Waals surface area contributed by atoms with E-state index >= 15 is 0 Å². The van der Waals surface area contributed by atoms with Gasteiger partial charge in [-0.25, -0.2) is 9.59 Å². The molecule has 0 aliphatic carbocycles. The summed E-state index contributed by atoms with van der Waals surface area (Å²) in [5.41, 5.74) is 3.13. The zero-order valence-electron chi connectivity index (χ0n) is 20.3. The third kappa shape index (κ3) is 6.70. The van der Waals surface area contributed by atoms with Crippen LogP contribution in [-0.2, 0) is 12.8 Å². The van der Waals surface area contributed by atoms with Gasteiger partial charge in [0, 0.05) is 0 Å². The van der Waals surface area contributed by atoms with Crippen molar-refractivity contribution >= 4 is 11.9 Å². The van der Waals surface area contributed by atoms with Gasteiger partial charge in [0.05, 0.1) is 18.2 Å². The van der Waals surface area contributed by atoms with Gasteiger partial charge in [0.1, 0.15) is 5.75 Å². The number of benzene rings is 3. The zero-order valence-corrected chi connectivity index (χ0v) is 20.3. The molecule has 0 saturated heterocycles. The second-order valence-corrected chi connectivity index (χ2v) is 8.45. The minimum atomic E-state index is -0.517. The van der Waals surface area contributed by atoms with Gasteiger partial charge >= 0.3 is 11.9 Å². The fourth-order valence-electron chi connectivity index (χ4n) is 3.54. The van der Waals surface area contributed by atoms with Crippen molar-refractivity contribution < 1.29 is 23.8 Å². The van der Waals surface area contributed by atoms with Crippen LogP contribution in [-0.4, -0.2) is 19.0 Å². The molecule has 0 aliphatic heterocycles. The quantitative estimate of drug-likeness (QED) is 0.250. The summed E-state index contributed by atoms with van der Waals surface area (Å²) < 4.78 is 16.4. The maximum atomic E-state index is 12.6. The van der Waals surface area contributed by atoms with Crippen LogP contribution in [0.25, 0.3) is 0 Å². The van der Waals surface area contributed by atoms with Gasteiger partial charge in [-0.2, -0.15) is 0 Å². The lowest BCUT2D eigenvalue weighted by molar-refractivity contribution is 0.0728. The average molecular weight is 461 g/mol. The van der Waals surface area contributed by atoms with Crippen molar-refractivity contribution in [1.82, 2.24) is 0 Å². The largest absolute Gasteiger partial charge is 0.493 e. The summed E-state index contributed by atoms with van der Waals surface area (Å²) in [6, 6.07) is 19.5. The number of esters is 2. The zero-order chi connectivity index (χ0) is 24.5. The van der Waals surface area contributed by atoms with Crippen molar-refractivity contribution in [3.8, 4) is 17.2 Å². The van der Waals surface area contributed by atoms with E-state index in [1.165, 1.54) is 30.4 Å². The standard InChI is InChI=1S/C29H32O5/c1-5-7-21-10-15-25(16-11-21)33-29(31)24-14-17-26(27(19-24)32-4)34-28(30)23-12-8-22(9-13-23)18-20(3)6-2/h8-17,19-20H,5-7,18H2,1-4H3. The molecule has 1 unspecified atom stereocenters. The van der Waals surface area contributed by atoms with Gasteiger partial charge in [-0.1, -0.05) is 57.9 Å². The molecule has 1 atom stereocenters. The summed E-state index contributed by atoms with van der Waals surface area (Å²) in [5, 5.41) is 0. The molecule has 3 aromatic carbocycles. The smallest absolute Gasteiger partial charge is 0.343 e. The predicted octanol–water partition coefficient (Wildman–Crippen LogP) is 6.67. The second-order valence-electron chi connectivity index (χ2n) is 8.45. The van der Waals surface area contributed by atoms with E-state index in [0.29, 0.717) is 22.8 Å². The van der Waals surface area contributed by atoms with Crippen molar-refractivity contribution in [3.05, 3.63) is 89.0 Å². The molecule has 0 amide bonds. The highest BCUT2D eigenvalue weighted by Gasteiger charge is 2.17. The first-order valence-corrected chi connectivity index (χ1v) is 11.7. The topological polar surface area (TPSA) is 61.8 Å². The van der Waals surface area contributed by atoms with Crippen LogP contribution in [0.3, 0.4) is 0 Å². The maximum absolute atomic E-state index is 12.6. The number of carbonyl (C=O) groups excluding carboxylic acids is 2. The lowest BCUT2D eigenvalue weighted by Gasteiger charge is -2.12. The number of aryl methyl sites for hydroxylation is 1. The van der Waals surface area contributed by atoms with Crippen LogP contribution in [0.5, 0.6) is 17.2 Å². The highest BCUT2D eigenvalue weighted by molar-refractivity contribution is 5.93. The number of hydrogen-bond donors (Lipinski definition) is 0. The van der Waals surface area contributed by atoms with Gasteiger partial charge in [0.15, 0.2) is 11.5 Å². The lowest BCUT2D eigenvalue weighted by atomic mass is 9.98. The normalized spacial score (nSPS) is 11.5. The SMILES string of the molecule is CCCc1ccc(OC(=O)c2ccc(OC(=O)c3ccc(CC(C)CC)cc3)c(OC)c2)cc1. The molecule has 0 N–H and O–H groups in total. The number of hydrogen-bond acceptors (Lipinski definition) is 5. The van der Waals surface area contributed by atoms with E-state index in [0.717, 1.165) is 25.7 Å². The molecule has 0 heterocycles. The molecule has 0 spiro atoms. The van der Waals surface area contributed by atoms with E-state index in [-0.39, 0.29) is 11.5 Å². The Kier molecular flexibility index (Phi) is 8.86. The van der Waals surface area contributed by atoms with Crippen molar-refractivity contribution in [1.29, 1.82) is 0 Å². The van der Waals surface area contributed by atoms with Crippen LogP contribution < -0.4 is 14.2 Å². The Hall–Kier alpha value is -3.60. The molecule has 0 aromatic heterocycles. The average Bonchev–Trinajstić information content (AvgIpc) is 2.85. The van der Waals surface area contributed by atoms with E-state index in [9.17, 15) is 9.59 Å². The summed E-state index contributed by atoms with van der Waals surface area (Å²) in [5.74, 6) is 0.558. The highest BCUT2D eigenvalue weighted by Crippen LogP contribution is 2.29. The molecule has 5 heteroatoms. The van der Waals surface area contributed by atoms with E-state index in [4.69, 9.17) is 14.2 Å². The second kappa shape index (κ2) is 12.0. The van der Waals surface area contributed by atoms with Crippen molar-refractivity contribution in [2.45, 2.75) is 46.5 Å². The van der Waals surface area contributed by atoms with Crippen molar-refractivity contribution in [2.75, 3.05) is 7.11 Å². The molecule has 3 aromatic rings. The van der Waals surface area contributed by atoms with Gasteiger partial charge in [-0.15, -0.1) is 0 Å². The van der Waals surface area contributed by atoms with Gasteiger partial charge < -0.3 is 14.2 Å². The molecule has 3 rings (SSSR count). The van der Waals surface area contributed by atoms with E-state index in [1.54, 1.807) is 30.3 Å². The maximum Gasteiger partial charge on any atom is 0.343 e. The third-order valence-electron chi connectivity index (χ3n) is 5.75. The van der Waals surface area contributed by atoms with Crippen LogP contribution in [0.15, 0.2) is 66.7 Å². The molecule has 0 aliphatic rings. The number of ether oxygens (including phenoxy) is 3. The fourth-order valence-corrected chi connectivity index (χ4v) is 3.54. The van der Waals surface area contributed by atoms with Crippen LogP contribution in [0.2, 0.25) is 0 Å². The third-order valence-corrected chi connectivity index (χ3v) is 5.75. The summed E-state index contributed by atoms with van der Waals surface area (Å²) in [4.78, 5) is 25.2. The Bertz CT molecular complexity index is 1100. The number of methoxy groups -OCH3 is 1. The molecular weight excluding hydrogens is 428 g/mol. The first kappa shape index (κ1) is 25.0. The van der Waals surface area contributed by atoms with Crippen LogP contribution in [0.1, 0.15) is 65.5 Å². The lowest BCUT2D eigenvalue weighted by Crippen LogP contribution is -2.11. The fraction of sp³-hybridized carbons (Fsp3) is 0.310. The first-order valence-electron chi connectivity index (χ1n) is 11.7. The highest BCUT2D eigenvalue weighted by atomic mass is 16.6. The molecule has 0 fully saturated rings. The molecule has 0 bridgehead atoms. The van der Waals surface area contributed by atoms with Gasteiger partial charge in [0.2, 0.25) is 0 Å². The van der Waals surface area contributed by atoms with E-state index in [1.807, 2.05) is 24.3 Å². The molecule has 5 nitrogen and oxygen atoms in total. The van der Waals surface area contributed by atoms with Gasteiger partial charge in [-0.3, -0.25) is 0 Å². The monoisotopic (exact) mass is 460 g/mol. The molecule has 34 heavy (non-hydrogen) atoms. The summed E-state index contributed by atoms with van der Waals surface area (Å²) >= 11 is 0. The van der Waals surface area contributed by atoms with Crippen LogP contribution in [0, 0.1) is 5.92 Å². The van der Waals surface area contributed by atoms with Crippen molar-refractivity contribution in [2.24, 2.45) is 5.92 Å². The van der Waals surface area contributed by atoms with Crippen molar-refractivity contribution in [3.63, 3.8) is 0 Å². The first-order chi connectivity index (χ1) is 16.4. The minimum absolute atomic E-state index is 0.233. The molecular formula is C29H32O5. The summed E-state index contributed by atoms with van der Waals surface area (Å²) in [6.45, 7) is 6.49. The van der Waals surface area contributed by atoms with E-state index in [2.05, 4.69) is 20.8 Å². The molecule has 0 saturated carbocycles. The number of carbonyl (C=O) groups is 2. The van der Waals surface area contributed by atoms with Gasteiger partial charge in [0.25, 0.3) is 0 Å². The molecule has 0 radical (unpaired) electrons. The Morgan fingerprint density at radius 3 is 2.00 bits per heavy atom. The Morgan fingerprint density at radius 2 is 1.38 bits per heavy atom. The summed E-state index contributed by atoms with van der Waals surface area (Å²) in [6.07, 6.45) is 4.12. The Labute approximate surface area is 201 Å². The summed E-state index contributed by atoms with van der Waals surface area (Å²) in [7, 11) is 1.46. The van der Waals surface area contributed by atoms with E-state index < -0.39 is 11.9 Å². The number of rotatable bonds is 10. The Balaban J connectivity index is 1.67. The van der Waals surface area contributed by atoms with Crippen LogP contribution in [0.4, 0.5) is 0 Å².